The van der Waals surface area contributed by atoms with Crippen molar-refractivity contribution in [2.45, 2.75) is 26.4 Å². The molecule has 2 N–H and O–H groups in total. The maximum absolute atomic E-state index is 12.3. The summed E-state index contributed by atoms with van der Waals surface area (Å²) in [7, 11) is 0. The summed E-state index contributed by atoms with van der Waals surface area (Å²) in [6.07, 6.45) is -0.563. The molecule has 6 heteroatoms. The van der Waals surface area contributed by atoms with Gasteiger partial charge in [-0.25, -0.2) is 4.79 Å². The highest BCUT2D eigenvalue weighted by Crippen LogP contribution is 2.18. The fourth-order valence-electron chi connectivity index (χ4n) is 1.93. The molecule has 0 spiro atoms. The standard InChI is InChI=1S/C18H19BrN2O3/c1-18(2,3)24-17(23)21-14-8-4-6-12(10-14)16(22)20-15-9-5-7-13(19)11-15/h4-11H,1-3H3,(H,20,22)(H,21,23). The van der Waals surface area contributed by atoms with E-state index in [1.807, 2.05) is 12.1 Å². The maximum Gasteiger partial charge on any atom is 0.412 e. The number of rotatable bonds is 3. The van der Waals surface area contributed by atoms with Crippen LogP contribution in [0.25, 0.3) is 0 Å². The molecule has 0 bridgehead atoms. The van der Waals surface area contributed by atoms with E-state index >= 15 is 0 Å². The second-order valence-electron chi connectivity index (χ2n) is 6.17. The molecule has 0 aliphatic rings. The number of halogens is 1. The van der Waals surface area contributed by atoms with Crippen molar-refractivity contribution in [3.63, 3.8) is 0 Å². The summed E-state index contributed by atoms with van der Waals surface area (Å²) in [6, 6.07) is 14.0. The van der Waals surface area contributed by atoms with Crippen LogP contribution in [0.2, 0.25) is 0 Å². The van der Waals surface area contributed by atoms with E-state index < -0.39 is 11.7 Å². The topological polar surface area (TPSA) is 67.4 Å². The zero-order valence-electron chi connectivity index (χ0n) is 13.7. The van der Waals surface area contributed by atoms with E-state index in [-0.39, 0.29) is 5.91 Å². The van der Waals surface area contributed by atoms with Gasteiger partial charge in [-0.1, -0.05) is 28.1 Å². The summed E-state index contributed by atoms with van der Waals surface area (Å²) < 4.78 is 6.07. The van der Waals surface area contributed by atoms with E-state index in [2.05, 4.69) is 26.6 Å². The van der Waals surface area contributed by atoms with Gasteiger partial charge in [0, 0.05) is 21.4 Å². The highest BCUT2D eigenvalue weighted by atomic mass is 79.9. The molecule has 24 heavy (non-hydrogen) atoms. The van der Waals surface area contributed by atoms with Gasteiger partial charge in [-0.3, -0.25) is 10.1 Å². The molecular formula is C18H19BrN2O3. The minimum atomic E-state index is -0.584. The molecule has 2 rings (SSSR count). The number of ether oxygens (including phenoxy) is 1. The van der Waals surface area contributed by atoms with Gasteiger partial charge in [0.2, 0.25) is 0 Å². The molecule has 2 amide bonds. The Hall–Kier alpha value is -2.34. The van der Waals surface area contributed by atoms with Gasteiger partial charge in [-0.15, -0.1) is 0 Å². The summed E-state index contributed by atoms with van der Waals surface area (Å²) >= 11 is 3.36. The van der Waals surface area contributed by atoms with Gasteiger partial charge in [-0.05, 0) is 57.2 Å². The molecule has 2 aromatic rings. The first-order valence-electron chi connectivity index (χ1n) is 7.40. The zero-order valence-corrected chi connectivity index (χ0v) is 15.3. The molecule has 0 saturated carbocycles. The molecule has 0 saturated heterocycles. The number of hydrogen-bond donors (Lipinski definition) is 2. The van der Waals surface area contributed by atoms with Crippen LogP contribution < -0.4 is 10.6 Å². The summed E-state index contributed by atoms with van der Waals surface area (Å²) in [6.45, 7) is 5.36. The lowest BCUT2D eigenvalue weighted by atomic mass is 10.2. The van der Waals surface area contributed by atoms with E-state index in [1.165, 1.54) is 0 Å². The van der Waals surface area contributed by atoms with Crippen molar-refractivity contribution in [3.05, 3.63) is 58.6 Å². The van der Waals surface area contributed by atoms with Crippen LogP contribution in [0.15, 0.2) is 53.0 Å². The van der Waals surface area contributed by atoms with Crippen molar-refractivity contribution in [3.8, 4) is 0 Å². The number of anilines is 2. The summed E-state index contributed by atoms with van der Waals surface area (Å²) in [4.78, 5) is 24.1. The van der Waals surface area contributed by atoms with Crippen LogP contribution in [0, 0.1) is 0 Å². The molecule has 0 unspecified atom stereocenters. The van der Waals surface area contributed by atoms with Crippen LogP contribution in [-0.2, 0) is 4.74 Å². The number of amides is 2. The normalized spacial score (nSPS) is 10.8. The summed E-state index contributed by atoms with van der Waals surface area (Å²) in [5.74, 6) is -0.263. The van der Waals surface area contributed by atoms with Gasteiger partial charge in [-0.2, -0.15) is 0 Å². The van der Waals surface area contributed by atoms with Gasteiger partial charge >= 0.3 is 6.09 Å². The fraction of sp³-hybridized carbons (Fsp3) is 0.222. The Morgan fingerprint density at radius 1 is 0.958 bits per heavy atom. The van der Waals surface area contributed by atoms with Gasteiger partial charge < -0.3 is 10.1 Å². The number of hydrogen-bond acceptors (Lipinski definition) is 3. The predicted molar refractivity (Wildman–Crippen MR) is 98.4 cm³/mol. The largest absolute Gasteiger partial charge is 0.444 e. The summed E-state index contributed by atoms with van der Waals surface area (Å²) in [5, 5.41) is 5.42. The SMILES string of the molecule is CC(C)(C)OC(=O)Nc1cccc(C(=O)Nc2cccc(Br)c2)c1. The van der Waals surface area contributed by atoms with Gasteiger partial charge in [0.25, 0.3) is 5.91 Å². The lowest BCUT2D eigenvalue weighted by molar-refractivity contribution is 0.0635. The molecule has 5 nitrogen and oxygen atoms in total. The number of benzene rings is 2. The van der Waals surface area contributed by atoms with Crippen LogP contribution in [0.5, 0.6) is 0 Å². The van der Waals surface area contributed by atoms with Crippen molar-refractivity contribution in [1.29, 1.82) is 0 Å². The van der Waals surface area contributed by atoms with E-state index in [9.17, 15) is 9.59 Å². The molecule has 126 valence electrons. The Bertz CT molecular complexity index is 754. The van der Waals surface area contributed by atoms with Crippen molar-refractivity contribution < 1.29 is 14.3 Å². The molecule has 0 aliphatic carbocycles. The van der Waals surface area contributed by atoms with Crippen molar-refractivity contribution in [2.24, 2.45) is 0 Å². The zero-order chi connectivity index (χ0) is 17.7. The molecule has 0 heterocycles. The van der Waals surface area contributed by atoms with Crippen LogP contribution >= 0.6 is 15.9 Å². The molecule has 0 radical (unpaired) electrons. The van der Waals surface area contributed by atoms with Gasteiger partial charge in [0.1, 0.15) is 5.60 Å². The molecule has 0 atom stereocenters. The van der Waals surface area contributed by atoms with E-state index in [0.29, 0.717) is 16.9 Å². The van der Waals surface area contributed by atoms with E-state index in [1.54, 1.807) is 57.2 Å². The van der Waals surface area contributed by atoms with Gasteiger partial charge in [0.05, 0.1) is 0 Å². The first-order valence-corrected chi connectivity index (χ1v) is 8.19. The van der Waals surface area contributed by atoms with E-state index in [0.717, 1.165) is 4.47 Å². The lowest BCUT2D eigenvalue weighted by Crippen LogP contribution is -2.27. The Balaban J connectivity index is 2.06. The highest BCUT2D eigenvalue weighted by Gasteiger charge is 2.16. The smallest absolute Gasteiger partial charge is 0.412 e. The number of carbonyl (C=O) groups is 2. The Morgan fingerprint density at radius 3 is 2.21 bits per heavy atom. The summed E-state index contributed by atoms with van der Waals surface area (Å²) in [5.41, 5.74) is 1.02. The maximum atomic E-state index is 12.3. The Kier molecular flexibility index (Phi) is 5.62. The molecule has 2 aromatic carbocycles. The lowest BCUT2D eigenvalue weighted by Gasteiger charge is -2.19. The van der Waals surface area contributed by atoms with Crippen molar-refractivity contribution in [1.82, 2.24) is 0 Å². The van der Waals surface area contributed by atoms with Crippen LogP contribution in [0.4, 0.5) is 16.2 Å². The number of nitrogens with one attached hydrogen (secondary N) is 2. The third-order valence-corrected chi connectivity index (χ3v) is 3.35. The van der Waals surface area contributed by atoms with Gasteiger partial charge in [0.15, 0.2) is 0 Å². The van der Waals surface area contributed by atoms with Crippen molar-refractivity contribution in [2.75, 3.05) is 10.6 Å². The first kappa shape index (κ1) is 18.0. The average Bonchev–Trinajstić information content (AvgIpc) is 2.45. The van der Waals surface area contributed by atoms with Crippen LogP contribution in [-0.4, -0.2) is 17.6 Å². The third kappa shape index (κ3) is 5.70. The minimum Gasteiger partial charge on any atom is -0.444 e. The molecule has 0 aliphatic heterocycles. The highest BCUT2D eigenvalue weighted by molar-refractivity contribution is 9.10. The second-order valence-corrected chi connectivity index (χ2v) is 7.09. The molecule has 0 aromatic heterocycles. The van der Waals surface area contributed by atoms with E-state index in [4.69, 9.17) is 4.74 Å². The Labute approximate surface area is 149 Å². The molecular weight excluding hydrogens is 372 g/mol. The minimum absolute atomic E-state index is 0.263. The quantitative estimate of drug-likeness (QED) is 0.770. The third-order valence-electron chi connectivity index (χ3n) is 2.85. The van der Waals surface area contributed by atoms with Crippen LogP contribution in [0.3, 0.4) is 0 Å². The average molecular weight is 391 g/mol. The molecule has 0 fully saturated rings. The second kappa shape index (κ2) is 7.49. The van der Waals surface area contributed by atoms with Crippen molar-refractivity contribution >= 4 is 39.3 Å². The fourth-order valence-corrected chi connectivity index (χ4v) is 2.33. The monoisotopic (exact) mass is 390 g/mol. The van der Waals surface area contributed by atoms with Crippen LogP contribution in [0.1, 0.15) is 31.1 Å². The number of carbonyl (C=O) groups excluding carboxylic acids is 2. The first-order chi connectivity index (χ1) is 11.2. The Morgan fingerprint density at radius 2 is 1.58 bits per heavy atom. The predicted octanol–water partition coefficient (Wildman–Crippen LogP) is 5.05.